The van der Waals surface area contributed by atoms with E-state index in [0.717, 1.165) is 0 Å². The Balaban J connectivity index is 3.18. The van der Waals surface area contributed by atoms with Crippen LogP contribution in [0, 0.1) is 11.8 Å². The van der Waals surface area contributed by atoms with Crippen LogP contribution >= 0.6 is 0 Å². The van der Waals surface area contributed by atoms with Crippen molar-refractivity contribution in [2.24, 2.45) is 11.8 Å². The van der Waals surface area contributed by atoms with Crippen LogP contribution in [0.4, 0.5) is 0 Å². The number of aromatic nitrogens is 3. The molecule has 11 heteroatoms. The van der Waals surface area contributed by atoms with E-state index in [1.807, 2.05) is 27.7 Å². The van der Waals surface area contributed by atoms with E-state index >= 15 is 0 Å². The fraction of sp³-hybridized carbons (Fsp3) is 0.750. The average molecular weight is 499 g/mol. The minimum atomic E-state index is -1.10. The Morgan fingerprint density at radius 3 is 1.49 bits per heavy atom. The maximum atomic E-state index is 12.4. The number of hydrogen-bond donors (Lipinski definition) is 0. The van der Waals surface area contributed by atoms with Crippen LogP contribution in [0.5, 0.6) is 0 Å². The van der Waals surface area contributed by atoms with Gasteiger partial charge in [-0.15, -0.1) is 4.68 Å². The largest absolute Gasteiger partial charge is 0.465 e. The highest BCUT2D eigenvalue weighted by Crippen LogP contribution is 2.27. The van der Waals surface area contributed by atoms with Gasteiger partial charge in [0.1, 0.15) is 5.54 Å². The molecule has 0 saturated heterocycles. The molecule has 0 aliphatic heterocycles. The van der Waals surface area contributed by atoms with Crippen molar-refractivity contribution in [1.82, 2.24) is 9.78 Å². The number of carbonyl (C=O) groups is 4. The Morgan fingerprint density at radius 2 is 1.11 bits per heavy atom. The molecule has 198 valence electrons. The van der Waals surface area contributed by atoms with Crippen molar-refractivity contribution in [3.8, 4) is 0 Å². The number of nitrogens with zero attached hydrogens (tertiary/aromatic N) is 3. The van der Waals surface area contributed by atoms with E-state index < -0.39 is 46.8 Å². The molecule has 0 atom stereocenters. The Bertz CT molecular complexity index is 773. The minimum absolute atomic E-state index is 0.0983. The first-order chi connectivity index (χ1) is 16.3. The first kappa shape index (κ1) is 30.1. The molecular weight excluding hydrogens is 458 g/mol. The summed E-state index contributed by atoms with van der Waals surface area (Å²) in [5.41, 5.74) is -1.49. The summed E-state index contributed by atoms with van der Waals surface area (Å²) in [6.07, 6.45) is 3.50. The van der Waals surface area contributed by atoms with Crippen LogP contribution in [-0.4, -0.2) is 60.1 Å². The summed E-state index contributed by atoms with van der Waals surface area (Å²) in [5, 5.41) is 4.43. The molecule has 0 spiro atoms. The van der Waals surface area contributed by atoms with Crippen molar-refractivity contribution >= 4 is 23.9 Å². The Labute approximate surface area is 207 Å². The predicted molar refractivity (Wildman–Crippen MR) is 124 cm³/mol. The molecule has 0 aliphatic carbocycles. The van der Waals surface area contributed by atoms with Crippen LogP contribution in [0.25, 0.3) is 0 Å². The van der Waals surface area contributed by atoms with Gasteiger partial charge in [0.25, 0.3) is 6.33 Å². The minimum Gasteiger partial charge on any atom is -0.465 e. The second-order valence-electron chi connectivity index (χ2n) is 9.24. The van der Waals surface area contributed by atoms with E-state index in [-0.39, 0.29) is 39.3 Å². The van der Waals surface area contributed by atoms with Gasteiger partial charge in [-0.1, -0.05) is 0 Å². The van der Waals surface area contributed by atoms with Gasteiger partial charge in [0, 0.05) is 17.9 Å². The third-order valence-corrected chi connectivity index (χ3v) is 5.55. The molecule has 0 fully saturated rings. The lowest BCUT2D eigenvalue weighted by Gasteiger charge is -2.26. The van der Waals surface area contributed by atoms with Crippen molar-refractivity contribution in [2.45, 2.75) is 79.3 Å². The van der Waals surface area contributed by atoms with Crippen LogP contribution in [0.1, 0.15) is 68.2 Å². The zero-order chi connectivity index (χ0) is 26.8. The third kappa shape index (κ3) is 8.32. The van der Waals surface area contributed by atoms with Gasteiger partial charge in [0.15, 0.2) is 11.8 Å². The zero-order valence-corrected chi connectivity index (χ0v) is 22.2. The molecular formula is C24H40N3O8+. The van der Waals surface area contributed by atoms with Gasteiger partial charge < -0.3 is 18.9 Å². The Morgan fingerprint density at radius 1 is 0.743 bits per heavy atom. The molecule has 0 bridgehead atoms. The Hall–Kier alpha value is -2.98. The first-order valence-electron chi connectivity index (χ1n) is 12.0. The normalized spacial score (nSPS) is 11.9. The summed E-state index contributed by atoms with van der Waals surface area (Å²) in [4.78, 5) is 49.8. The number of hydrogen-bond acceptors (Lipinski definition) is 9. The van der Waals surface area contributed by atoms with Gasteiger partial charge in [-0.05, 0) is 55.4 Å². The zero-order valence-electron chi connectivity index (χ0n) is 22.2. The van der Waals surface area contributed by atoms with Crippen LogP contribution < -0.4 is 4.57 Å². The van der Waals surface area contributed by atoms with Gasteiger partial charge >= 0.3 is 23.9 Å². The third-order valence-electron chi connectivity index (χ3n) is 5.55. The van der Waals surface area contributed by atoms with Crippen molar-refractivity contribution < 1.29 is 42.7 Å². The molecule has 11 nitrogen and oxygen atoms in total. The van der Waals surface area contributed by atoms with Crippen LogP contribution in [0.2, 0.25) is 0 Å². The molecule has 0 N–H and O–H groups in total. The standard InChI is InChI=1S/C24H40N3O8/c1-9-32-19(28)17(20(29)33-10-2)13-23(5,6)26-15-25-27(16-26)24(7,8)14-18(21(30)34-11-3)22(31)35-12-4/h15-18H,9-14H2,1-8H3/q+1. The first-order valence-corrected chi connectivity index (χ1v) is 12.0. The quantitative estimate of drug-likeness (QED) is 0.164. The second kappa shape index (κ2) is 13.2. The molecule has 0 radical (unpaired) electrons. The van der Waals surface area contributed by atoms with E-state index in [1.54, 1.807) is 49.6 Å². The van der Waals surface area contributed by atoms with Crippen LogP contribution in [-0.2, 0) is 49.2 Å². The number of esters is 4. The lowest BCUT2D eigenvalue weighted by Crippen LogP contribution is -2.53. The van der Waals surface area contributed by atoms with Gasteiger partial charge in [0.2, 0.25) is 6.33 Å². The van der Waals surface area contributed by atoms with Gasteiger partial charge in [0.05, 0.1) is 32.0 Å². The van der Waals surface area contributed by atoms with E-state index in [9.17, 15) is 19.2 Å². The summed E-state index contributed by atoms with van der Waals surface area (Å²) in [7, 11) is 0. The topological polar surface area (TPSA) is 127 Å². The summed E-state index contributed by atoms with van der Waals surface area (Å²) < 4.78 is 23.7. The molecule has 0 amide bonds. The maximum Gasteiger partial charge on any atom is 0.320 e. The van der Waals surface area contributed by atoms with Gasteiger partial charge in [-0.25, -0.2) is 4.57 Å². The highest BCUT2D eigenvalue weighted by atomic mass is 16.6. The summed E-state index contributed by atoms with van der Waals surface area (Å²) >= 11 is 0. The summed E-state index contributed by atoms with van der Waals surface area (Å²) in [6.45, 7) is 14.7. The molecule has 1 rings (SSSR count). The van der Waals surface area contributed by atoms with E-state index in [4.69, 9.17) is 18.9 Å². The van der Waals surface area contributed by atoms with Gasteiger partial charge in [-0.3, -0.25) is 19.2 Å². The van der Waals surface area contributed by atoms with E-state index in [2.05, 4.69) is 5.10 Å². The smallest absolute Gasteiger partial charge is 0.320 e. The molecule has 1 aromatic rings. The molecule has 1 aromatic heterocycles. The molecule has 0 aromatic carbocycles. The maximum absolute atomic E-state index is 12.4. The second-order valence-corrected chi connectivity index (χ2v) is 9.24. The van der Waals surface area contributed by atoms with Crippen LogP contribution in [0.3, 0.4) is 0 Å². The highest BCUT2D eigenvalue weighted by Gasteiger charge is 2.42. The van der Waals surface area contributed by atoms with Crippen LogP contribution in [0.15, 0.2) is 12.7 Å². The van der Waals surface area contributed by atoms with Crippen molar-refractivity contribution in [2.75, 3.05) is 26.4 Å². The average Bonchev–Trinajstić information content (AvgIpc) is 3.29. The number of ether oxygens (including phenoxy) is 4. The lowest BCUT2D eigenvalue weighted by atomic mass is 9.90. The highest BCUT2D eigenvalue weighted by molar-refractivity contribution is 5.95. The fourth-order valence-electron chi connectivity index (χ4n) is 3.61. The molecule has 0 saturated carbocycles. The number of rotatable bonds is 14. The van der Waals surface area contributed by atoms with E-state index in [1.165, 1.54) is 0 Å². The van der Waals surface area contributed by atoms with Crippen molar-refractivity contribution in [3.63, 3.8) is 0 Å². The number of carbonyl (C=O) groups excluding carboxylic acids is 4. The van der Waals surface area contributed by atoms with E-state index in [0.29, 0.717) is 0 Å². The monoisotopic (exact) mass is 498 g/mol. The fourth-order valence-corrected chi connectivity index (χ4v) is 3.61. The molecule has 1 heterocycles. The predicted octanol–water partition coefficient (Wildman–Crippen LogP) is 1.91. The molecule has 0 aliphatic rings. The van der Waals surface area contributed by atoms with Gasteiger partial charge in [-0.2, -0.15) is 0 Å². The lowest BCUT2D eigenvalue weighted by molar-refractivity contribution is -0.760. The molecule has 35 heavy (non-hydrogen) atoms. The van der Waals surface area contributed by atoms with Crippen molar-refractivity contribution in [3.05, 3.63) is 12.7 Å². The molecule has 0 unspecified atom stereocenters. The summed E-state index contributed by atoms with van der Waals surface area (Å²) in [5.74, 6) is -4.77. The summed E-state index contributed by atoms with van der Waals surface area (Å²) in [6, 6.07) is 0. The van der Waals surface area contributed by atoms with Crippen molar-refractivity contribution in [1.29, 1.82) is 0 Å². The SMILES string of the molecule is CCOC(=O)C(CC(C)(C)n1c[n+](C(C)(C)CC(C(=O)OCC)C(=O)OCC)cn1)C(=O)OCC. The Kier molecular flexibility index (Phi) is 11.3.